The van der Waals surface area contributed by atoms with Crippen LogP contribution in [0, 0.1) is 0 Å². The van der Waals surface area contributed by atoms with Gasteiger partial charge < -0.3 is 19.7 Å². The second kappa shape index (κ2) is 9.84. The molecule has 2 amide bonds. The van der Waals surface area contributed by atoms with Gasteiger partial charge in [-0.3, -0.25) is 9.59 Å². The highest BCUT2D eigenvalue weighted by molar-refractivity contribution is 5.92. The minimum absolute atomic E-state index is 0.124. The molecule has 0 spiro atoms. The number of carbonyl (C=O) groups is 3. The number of morpholine rings is 1. The van der Waals surface area contributed by atoms with E-state index < -0.39 is 12.1 Å². The first-order chi connectivity index (χ1) is 14.0. The van der Waals surface area contributed by atoms with Crippen molar-refractivity contribution < 1.29 is 23.9 Å². The molecular formula is C22H24N2O5. The fourth-order valence-corrected chi connectivity index (χ4v) is 3.00. The van der Waals surface area contributed by atoms with Gasteiger partial charge in [0, 0.05) is 32.1 Å². The number of esters is 1. The lowest BCUT2D eigenvalue weighted by molar-refractivity contribution is -0.145. The molecule has 1 fully saturated rings. The van der Waals surface area contributed by atoms with Crippen LogP contribution in [0.25, 0.3) is 0 Å². The van der Waals surface area contributed by atoms with Crippen LogP contribution in [0.1, 0.15) is 34.5 Å². The molecule has 1 atom stereocenters. The largest absolute Gasteiger partial charge is 0.444 e. The number of benzene rings is 2. The van der Waals surface area contributed by atoms with Crippen LogP contribution in [0.4, 0.5) is 0 Å². The average molecular weight is 396 g/mol. The van der Waals surface area contributed by atoms with E-state index in [1.54, 1.807) is 53.4 Å². The van der Waals surface area contributed by atoms with Gasteiger partial charge in [0.2, 0.25) is 12.0 Å². The van der Waals surface area contributed by atoms with Crippen molar-refractivity contribution in [2.45, 2.75) is 19.6 Å². The Labute approximate surface area is 169 Å². The van der Waals surface area contributed by atoms with Crippen molar-refractivity contribution in [3.8, 4) is 0 Å². The fraction of sp³-hybridized carbons (Fsp3) is 0.318. The normalized spacial score (nSPS) is 14.7. The van der Waals surface area contributed by atoms with Gasteiger partial charge in [0.25, 0.3) is 5.91 Å². The lowest BCUT2D eigenvalue weighted by atomic mass is 10.1. The van der Waals surface area contributed by atoms with Crippen molar-refractivity contribution in [2.75, 3.05) is 26.3 Å². The topological polar surface area (TPSA) is 84.9 Å². The van der Waals surface area contributed by atoms with E-state index in [1.807, 2.05) is 6.07 Å². The lowest BCUT2D eigenvalue weighted by Gasteiger charge is -2.30. The molecule has 2 aromatic rings. The molecule has 0 saturated carbocycles. The number of nitrogens with zero attached hydrogens (tertiary/aromatic N) is 1. The number of amides is 2. The van der Waals surface area contributed by atoms with Gasteiger partial charge in [-0.25, -0.2) is 4.79 Å². The predicted octanol–water partition coefficient (Wildman–Crippen LogP) is 2.08. The summed E-state index contributed by atoms with van der Waals surface area (Å²) in [6, 6.07) is 15.7. The van der Waals surface area contributed by atoms with Crippen LogP contribution in [-0.4, -0.2) is 49.0 Å². The molecule has 2 aromatic carbocycles. The van der Waals surface area contributed by atoms with Crippen LogP contribution in [0.2, 0.25) is 0 Å². The molecule has 0 radical (unpaired) electrons. The summed E-state index contributed by atoms with van der Waals surface area (Å²) in [5.74, 6) is -0.956. The first kappa shape index (κ1) is 20.5. The smallest absolute Gasteiger partial charge is 0.339 e. The van der Waals surface area contributed by atoms with Crippen LogP contribution in [0.3, 0.4) is 0 Å². The summed E-state index contributed by atoms with van der Waals surface area (Å²) < 4.78 is 10.9. The number of ether oxygens (including phenoxy) is 2. The van der Waals surface area contributed by atoms with Gasteiger partial charge in [0.1, 0.15) is 0 Å². The Kier molecular flexibility index (Phi) is 6.97. The fourth-order valence-electron chi connectivity index (χ4n) is 3.00. The molecule has 1 unspecified atom stereocenters. The third-order valence-corrected chi connectivity index (χ3v) is 4.61. The number of nitrogens with one attached hydrogen (secondary N) is 1. The summed E-state index contributed by atoms with van der Waals surface area (Å²) in [7, 11) is 0. The summed E-state index contributed by atoms with van der Waals surface area (Å²) in [5.41, 5.74) is 1.83. The van der Waals surface area contributed by atoms with E-state index in [2.05, 4.69) is 5.32 Å². The lowest BCUT2D eigenvalue weighted by Crippen LogP contribution is -2.44. The maximum Gasteiger partial charge on any atom is 0.339 e. The number of hydrogen-bond acceptors (Lipinski definition) is 5. The molecule has 1 aliphatic heterocycles. The number of carbonyl (C=O) groups excluding carboxylic acids is 3. The molecule has 1 aliphatic rings. The third kappa shape index (κ3) is 5.65. The molecule has 0 aromatic heterocycles. The molecule has 0 bridgehead atoms. The number of hydrogen-bond donors (Lipinski definition) is 1. The molecule has 7 nitrogen and oxygen atoms in total. The summed E-state index contributed by atoms with van der Waals surface area (Å²) in [6.45, 7) is 3.71. The van der Waals surface area contributed by atoms with Gasteiger partial charge in [0.05, 0.1) is 18.8 Å². The van der Waals surface area contributed by atoms with Crippen molar-refractivity contribution in [1.29, 1.82) is 0 Å². The van der Waals surface area contributed by atoms with Gasteiger partial charge in [0.15, 0.2) is 0 Å². The van der Waals surface area contributed by atoms with E-state index in [1.165, 1.54) is 6.92 Å². The molecule has 0 aliphatic carbocycles. The van der Waals surface area contributed by atoms with E-state index in [9.17, 15) is 14.4 Å². The van der Waals surface area contributed by atoms with Crippen LogP contribution in [0.15, 0.2) is 54.6 Å². The Morgan fingerprint density at radius 2 is 1.69 bits per heavy atom. The standard InChI is InChI=1S/C22H24N2O5/c1-16(25)23-15-17-7-9-19(10-8-17)22(27)29-20(18-5-3-2-4-6-18)21(26)24-11-13-28-14-12-24/h2-10,20H,11-15H2,1H3,(H,23,25). The minimum Gasteiger partial charge on any atom is -0.444 e. The van der Waals surface area contributed by atoms with Gasteiger partial charge in [-0.2, -0.15) is 0 Å². The Morgan fingerprint density at radius 1 is 1.03 bits per heavy atom. The van der Waals surface area contributed by atoms with Gasteiger partial charge >= 0.3 is 5.97 Å². The van der Waals surface area contributed by atoms with E-state index in [4.69, 9.17) is 9.47 Å². The van der Waals surface area contributed by atoms with Crippen LogP contribution < -0.4 is 5.32 Å². The first-order valence-electron chi connectivity index (χ1n) is 9.50. The SMILES string of the molecule is CC(=O)NCc1ccc(C(=O)OC(C(=O)N2CCOCC2)c2ccccc2)cc1. The molecule has 1 saturated heterocycles. The zero-order valence-corrected chi connectivity index (χ0v) is 16.3. The molecule has 152 valence electrons. The maximum absolute atomic E-state index is 13.0. The van der Waals surface area contributed by atoms with E-state index >= 15 is 0 Å². The van der Waals surface area contributed by atoms with E-state index in [0.717, 1.165) is 5.56 Å². The second-order valence-electron chi connectivity index (χ2n) is 6.74. The van der Waals surface area contributed by atoms with Gasteiger partial charge in [-0.05, 0) is 17.7 Å². The Balaban J connectivity index is 1.74. The van der Waals surface area contributed by atoms with Crippen molar-refractivity contribution in [3.05, 3.63) is 71.3 Å². The zero-order chi connectivity index (χ0) is 20.6. The average Bonchev–Trinajstić information content (AvgIpc) is 2.77. The van der Waals surface area contributed by atoms with Gasteiger partial charge in [-0.15, -0.1) is 0 Å². The molecule has 7 heteroatoms. The quantitative estimate of drug-likeness (QED) is 0.756. The maximum atomic E-state index is 13.0. The third-order valence-electron chi connectivity index (χ3n) is 4.61. The van der Waals surface area contributed by atoms with E-state index in [0.29, 0.717) is 44.0 Å². The Morgan fingerprint density at radius 3 is 2.31 bits per heavy atom. The molecule has 29 heavy (non-hydrogen) atoms. The van der Waals surface area contributed by atoms with Crippen molar-refractivity contribution in [1.82, 2.24) is 10.2 Å². The summed E-state index contributed by atoms with van der Waals surface area (Å²) in [6.07, 6.45) is -1.01. The highest BCUT2D eigenvalue weighted by Gasteiger charge is 2.30. The molecule has 3 rings (SSSR count). The summed E-state index contributed by atoms with van der Waals surface area (Å²) >= 11 is 0. The molecular weight excluding hydrogens is 372 g/mol. The predicted molar refractivity (Wildman–Crippen MR) is 106 cm³/mol. The van der Waals surface area contributed by atoms with Crippen molar-refractivity contribution in [3.63, 3.8) is 0 Å². The van der Waals surface area contributed by atoms with Crippen LogP contribution in [-0.2, 0) is 25.6 Å². The highest BCUT2D eigenvalue weighted by Crippen LogP contribution is 2.23. The Hall–Kier alpha value is -3.19. The Bertz CT molecular complexity index is 845. The van der Waals surface area contributed by atoms with Crippen molar-refractivity contribution >= 4 is 17.8 Å². The first-order valence-corrected chi connectivity index (χ1v) is 9.50. The van der Waals surface area contributed by atoms with Gasteiger partial charge in [-0.1, -0.05) is 42.5 Å². The highest BCUT2D eigenvalue weighted by atomic mass is 16.5. The minimum atomic E-state index is -1.01. The van der Waals surface area contributed by atoms with Crippen LogP contribution >= 0.6 is 0 Å². The summed E-state index contributed by atoms with van der Waals surface area (Å²) in [4.78, 5) is 38.4. The zero-order valence-electron chi connectivity index (χ0n) is 16.3. The number of rotatable bonds is 6. The molecule has 1 heterocycles. The summed E-state index contributed by atoms with van der Waals surface area (Å²) in [5, 5.41) is 2.70. The van der Waals surface area contributed by atoms with Crippen molar-refractivity contribution in [2.24, 2.45) is 0 Å². The second-order valence-corrected chi connectivity index (χ2v) is 6.74. The molecule has 1 N–H and O–H groups in total. The monoisotopic (exact) mass is 396 g/mol. The van der Waals surface area contributed by atoms with E-state index in [-0.39, 0.29) is 11.8 Å². The van der Waals surface area contributed by atoms with Crippen LogP contribution in [0.5, 0.6) is 0 Å².